The van der Waals surface area contributed by atoms with Gasteiger partial charge in [-0.1, -0.05) is 23.7 Å². The molecule has 1 aliphatic rings. The summed E-state index contributed by atoms with van der Waals surface area (Å²) in [6.45, 7) is 6.91. The molecule has 29 heavy (non-hydrogen) atoms. The van der Waals surface area contributed by atoms with E-state index in [4.69, 9.17) is 21.1 Å². The van der Waals surface area contributed by atoms with Crippen molar-refractivity contribution in [2.45, 2.75) is 13.0 Å². The van der Waals surface area contributed by atoms with Crippen LogP contribution >= 0.6 is 11.6 Å². The number of nitrogens with zero attached hydrogens (tertiary/aromatic N) is 2. The number of hydrogen-bond acceptors (Lipinski definition) is 5. The van der Waals surface area contributed by atoms with E-state index < -0.39 is 0 Å². The summed E-state index contributed by atoms with van der Waals surface area (Å²) in [7, 11) is 1.62. The van der Waals surface area contributed by atoms with E-state index in [0.717, 1.165) is 49.9 Å². The molecule has 0 aliphatic carbocycles. The molecule has 2 aromatic rings. The Kier molecular flexibility index (Phi) is 7.75. The van der Waals surface area contributed by atoms with Crippen LogP contribution in [0.15, 0.2) is 48.5 Å². The zero-order chi connectivity index (χ0) is 20.6. The van der Waals surface area contributed by atoms with Crippen LogP contribution in [0.3, 0.4) is 0 Å². The van der Waals surface area contributed by atoms with E-state index in [0.29, 0.717) is 11.6 Å². The molecule has 1 unspecified atom stereocenters. The topological polar surface area (TPSA) is 54.0 Å². The molecule has 2 aromatic carbocycles. The highest BCUT2D eigenvalue weighted by Gasteiger charge is 2.25. The third-order valence-electron chi connectivity index (χ3n) is 5.19. The zero-order valence-corrected chi connectivity index (χ0v) is 17.7. The minimum Gasteiger partial charge on any atom is -0.497 e. The highest BCUT2D eigenvalue weighted by molar-refractivity contribution is 6.32. The zero-order valence-electron chi connectivity index (χ0n) is 16.9. The first-order valence-corrected chi connectivity index (χ1v) is 10.2. The average molecular weight is 418 g/mol. The number of para-hydroxylation sites is 1. The van der Waals surface area contributed by atoms with Crippen LogP contribution in [0.25, 0.3) is 0 Å². The number of benzene rings is 2. The van der Waals surface area contributed by atoms with Crippen molar-refractivity contribution in [3.8, 4) is 11.5 Å². The van der Waals surface area contributed by atoms with Gasteiger partial charge in [0.15, 0.2) is 0 Å². The Hall–Kier alpha value is -2.28. The molecule has 0 radical (unpaired) electrons. The number of halogens is 1. The van der Waals surface area contributed by atoms with Crippen molar-refractivity contribution in [3.63, 3.8) is 0 Å². The third kappa shape index (κ3) is 6.10. The molecule has 0 spiro atoms. The van der Waals surface area contributed by atoms with E-state index in [1.807, 2.05) is 55.5 Å². The van der Waals surface area contributed by atoms with Crippen molar-refractivity contribution in [3.05, 3.63) is 53.6 Å². The maximum absolute atomic E-state index is 12.6. The van der Waals surface area contributed by atoms with Crippen LogP contribution in [0.4, 0.5) is 5.69 Å². The van der Waals surface area contributed by atoms with E-state index in [1.54, 1.807) is 7.11 Å². The predicted octanol–water partition coefficient (Wildman–Crippen LogP) is 3.37. The standard InChI is InChI=1S/C22H28ClN3O3/c1-17(22(27)24-18-7-9-19(28-2)10-8-18)26-13-11-25(12-14-26)15-16-29-21-6-4-3-5-20(21)23/h3-10,17H,11-16H2,1-2H3,(H,24,27). The molecule has 0 bridgehead atoms. The summed E-state index contributed by atoms with van der Waals surface area (Å²) in [5, 5.41) is 3.61. The normalized spacial score (nSPS) is 16.2. The largest absolute Gasteiger partial charge is 0.497 e. The first-order chi connectivity index (χ1) is 14.1. The summed E-state index contributed by atoms with van der Waals surface area (Å²) in [5.41, 5.74) is 0.776. The molecule has 1 atom stereocenters. The Labute approximate surface area is 177 Å². The molecule has 1 amide bonds. The van der Waals surface area contributed by atoms with Gasteiger partial charge in [-0.05, 0) is 43.3 Å². The van der Waals surface area contributed by atoms with Gasteiger partial charge in [0.2, 0.25) is 5.91 Å². The highest BCUT2D eigenvalue weighted by Crippen LogP contribution is 2.23. The van der Waals surface area contributed by atoms with Gasteiger partial charge in [-0.2, -0.15) is 0 Å². The van der Waals surface area contributed by atoms with Crippen LogP contribution in [-0.2, 0) is 4.79 Å². The minimum atomic E-state index is -0.182. The number of hydrogen-bond donors (Lipinski definition) is 1. The maximum Gasteiger partial charge on any atom is 0.241 e. The Bertz CT molecular complexity index is 792. The van der Waals surface area contributed by atoms with Crippen molar-refractivity contribution in [1.82, 2.24) is 9.80 Å². The lowest BCUT2D eigenvalue weighted by Crippen LogP contribution is -2.53. The fourth-order valence-electron chi connectivity index (χ4n) is 3.31. The summed E-state index contributed by atoms with van der Waals surface area (Å²) in [5.74, 6) is 1.49. The van der Waals surface area contributed by atoms with Gasteiger partial charge in [-0.15, -0.1) is 0 Å². The second kappa shape index (κ2) is 10.5. The van der Waals surface area contributed by atoms with Crippen LogP contribution < -0.4 is 14.8 Å². The van der Waals surface area contributed by atoms with Gasteiger partial charge in [-0.25, -0.2) is 0 Å². The first-order valence-electron chi connectivity index (χ1n) is 9.85. The van der Waals surface area contributed by atoms with Gasteiger partial charge in [0.1, 0.15) is 18.1 Å². The average Bonchev–Trinajstić information content (AvgIpc) is 2.75. The number of ether oxygens (including phenoxy) is 2. The van der Waals surface area contributed by atoms with Crippen molar-refractivity contribution in [2.75, 3.05) is 51.8 Å². The van der Waals surface area contributed by atoms with Crippen LogP contribution in [0.1, 0.15) is 6.92 Å². The molecule has 1 saturated heterocycles. The lowest BCUT2D eigenvalue weighted by molar-refractivity contribution is -0.121. The van der Waals surface area contributed by atoms with Crippen molar-refractivity contribution in [2.24, 2.45) is 0 Å². The summed E-state index contributed by atoms with van der Waals surface area (Å²) < 4.78 is 10.9. The van der Waals surface area contributed by atoms with E-state index >= 15 is 0 Å². The Morgan fingerprint density at radius 1 is 1.10 bits per heavy atom. The molecular formula is C22H28ClN3O3. The molecule has 6 nitrogen and oxygen atoms in total. The number of amides is 1. The second-order valence-electron chi connectivity index (χ2n) is 7.05. The quantitative estimate of drug-likeness (QED) is 0.713. The maximum atomic E-state index is 12.6. The van der Waals surface area contributed by atoms with Gasteiger partial charge in [-0.3, -0.25) is 14.6 Å². The molecule has 1 N–H and O–H groups in total. The van der Waals surface area contributed by atoms with Crippen LogP contribution in [0.2, 0.25) is 5.02 Å². The Morgan fingerprint density at radius 2 is 1.79 bits per heavy atom. The predicted molar refractivity (Wildman–Crippen MR) is 116 cm³/mol. The van der Waals surface area contributed by atoms with E-state index in [2.05, 4.69) is 15.1 Å². The van der Waals surface area contributed by atoms with E-state index in [1.165, 1.54) is 0 Å². The summed E-state index contributed by atoms with van der Waals surface area (Å²) in [4.78, 5) is 17.1. The fourth-order valence-corrected chi connectivity index (χ4v) is 3.50. The first kappa shape index (κ1) is 21.4. The number of rotatable bonds is 8. The molecule has 7 heteroatoms. The smallest absolute Gasteiger partial charge is 0.241 e. The molecular weight excluding hydrogens is 390 g/mol. The van der Waals surface area contributed by atoms with Gasteiger partial charge in [0.25, 0.3) is 0 Å². The van der Waals surface area contributed by atoms with Crippen molar-refractivity contribution < 1.29 is 14.3 Å². The molecule has 1 aliphatic heterocycles. The molecule has 0 saturated carbocycles. The highest BCUT2D eigenvalue weighted by atomic mass is 35.5. The number of anilines is 1. The molecule has 3 rings (SSSR count). The number of carbonyl (C=O) groups is 1. The minimum absolute atomic E-state index is 0.00525. The van der Waals surface area contributed by atoms with Gasteiger partial charge in [0, 0.05) is 38.4 Å². The number of nitrogens with one attached hydrogen (secondary N) is 1. The number of piperazine rings is 1. The SMILES string of the molecule is COc1ccc(NC(=O)C(C)N2CCN(CCOc3ccccc3Cl)CC2)cc1. The van der Waals surface area contributed by atoms with E-state index in [-0.39, 0.29) is 11.9 Å². The monoisotopic (exact) mass is 417 g/mol. The second-order valence-corrected chi connectivity index (χ2v) is 7.46. The third-order valence-corrected chi connectivity index (χ3v) is 5.51. The lowest BCUT2D eigenvalue weighted by Gasteiger charge is -2.37. The Balaban J connectivity index is 1.39. The van der Waals surface area contributed by atoms with E-state index in [9.17, 15) is 4.79 Å². The Morgan fingerprint density at radius 3 is 2.45 bits per heavy atom. The summed E-state index contributed by atoms with van der Waals surface area (Å²) in [6, 6.07) is 14.7. The van der Waals surface area contributed by atoms with Crippen molar-refractivity contribution in [1.29, 1.82) is 0 Å². The summed E-state index contributed by atoms with van der Waals surface area (Å²) >= 11 is 6.11. The van der Waals surface area contributed by atoms with Gasteiger partial charge < -0.3 is 14.8 Å². The molecule has 0 aromatic heterocycles. The summed E-state index contributed by atoms with van der Waals surface area (Å²) in [6.07, 6.45) is 0. The van der Waals surface area contributed by atoms with Gasteiger partial charge >= 0.3 is 0 Å². The van der Waals surface area contributed by atoms with Crippen molar-refractivity contribution >= 4 is 23.2 Å². The molecule has 1 heterocycles. The number of carbonyl (C=O) groups excluding carboxylic acids is 1. The van der Waals surface area contributed by atoms with Gasteiger partial charge in [0.05, 0.1) is 18.2 Å². The molecule has 156 valence electrons. The van der Waals surface area contributed by atoms with Crippen LogP contribution in [0.5, 0.6) is 11.5 Å². The fraction of sp³-hybridized carbons (Fsp3) is 0.409. The lowest BCUT2D eigenvalue weighted by atomic mass is 10.2. The number of methoxy groups -OCH3 is 1. The van der Waals surface area contributed by atoms with Crippen LogP contribution in [0, 0.1) is 0 Å². The van der Waals surface area contributed by atoms with Crippen LogP contribution in [-0.4, -0.2) is 68.2 Å². The molecule has 1 fully saturated rings.